The first-order chi connectivity index (χ1) is 7.74. The van der Waals surface area contributed by atoms with E-state index in [2.05, 4.69) is 6.92 Å². The molecular weight excluding hydrogens is 208 g/mol. The number of carbonyl (C=O) groups excluding carboxylic acids is 1. The summed E-state index contributed by atoms with van der Waals surface area (Å²) < 4.78 is 10.1. The van der Waals surface area contributed by atoms with Gasteiger partial charge >= 0.3 is 6.03 Å². The maximum Gasteiger partial charge on any atom is 0.320 e. The second kappa shape index (κ2) is 6.70. The fourth-order valence-corrected chi connectivity index (χ4v) is 1.97. The fraction of sp³-hybridized carbons (Fsp3) is 0.909. The molecule has 16 heavy (non-hydrogen) atoms. The predicted octanol–water partition coefficient (Wildman–Crippen LogP) is 0.795. The van der Waals surface area contributed by atoms with Crippen LogP contribution in [0.1, 0.15) is 13.3 Å². The van der Waals surface area contributed by atoms with E-state index in [-0.39, 0.29) is 12.1 Å². The summed E-state index contributed by atoms with van der Waals surface area (Å²) in [6.07, 6.45) is 0.928. The van der Waals surface area contributed by atoms with Crippen molar-refractivity contribution in [3.63, 3.8) is 0 Å². The number of rotatable bonds is 7. The van der Waals surface area contributed by atoms with Crippen LogP contribution < -0.4 is 0 Å². The van der Waals surface area contributed by atoms with E-state index in [1.807, 2.05) is 9.80 Å². The molecular formula is C11H22N2O3. The molecule has 0 aromatic rings. The lowest BCUT2D eigenvalue weighted by molar-refractivity contribution is 0.107. The van der Waals surface area contributed by atoms with Crippen LogP contribution in [0.15, 0.2) is 0 Å². The molecule has 1 unspecified atom stereocenters. The number of amides is 2. The molecule has 1 aliphatic rings. The van der Waals surface area contributed by atoms with Gasteiger partial charge in [0.25, 0.3) is 0 Å². The predicted molar refractivity (Wildman–Crippen MR) is 61.5 cm³/mol. The van der Waals surface area contributed by atoms with Gasteiger partial charge in [0.05, 0.1) is 19.3 Å². The lowest BCUT2D eigenvalue weighted by Crippen LogP contribution is -2.42. The molecule has 0 aromatic heterocycles. The highest BCUT2D eigenvalue weighted by molar-refractivity contribution is 5.76. The first kappa shape index (κ1) is 13.3. The normalized spacial score (nSPS) is 18.3. The standard InChI is InChI=1S/C11H22N2O3/c1-4-10(9-16-3)13-6-5-12(11(13)14)7-8-15-2/h10H,4-9H2,1-3H3. The molecule has 1 atom stereocenters. The van der Waals surface area contributed by atoms with Crippen molar-refractivity contribution < 1.29 is 14.3 Å². The number of ether oxygens (including phenoxy) is 2. The van der Waals surface area contributed by atoms with Gasteiger partial charge < -0.3 is 19.3 Å². The van der Waals surface area contributed by atoms with Crippen molar-refractivity contribution in [1.82, 2.24) is 9.80 Å². The molecule has 0 radical (unpaired) electrons. The van der Waals surface area contributed by atoms with Crippen LogP contribution in [0.25, 0.3) is 0 Å². The van der Waals surface area contributed by atoms with E-state index in [9.17, 15) is 4.79 Å². The van der Waals surface area contributed by atoms with Crippen LogP contribution >= 0.6 is 0 Å². The Morgan fingerprint density at radius 1 is 1.31 bits per heavy atom. The van der Waals surface area contributed by atoms with Crippen LogP contribution in [0.3, 0.4) is 0 Å². The van der Waals surface area contributed by atoms with E-state index in [1.54, 1.807) is 14.2 Å². The highest BCUT2D eigenvalue weighted by atomic mass is 16.5. The van der Waals surface area contributed by atoms with Crippen molar-refractivity contribution in [1.29, 1.82) is 0 Å². The first-order valence-electron chi connectivity index (χ1n) is 5.78. The maximum absolute atomic E-state index is 12.0. The monoisotopic (exact) mass is 230 g/mol. The van der Waals surface area contributed by atoms with Gasteiger partial charge in [-0.3, -0.25) is 0 Å². The van der Waals surface area contributed by atoms with Crippen molar-refractivity contribution in [2.75, 3.05) is 47.1 Å². The third-order valence-corrected chi connectivity index (χ3v) is 2.96. The quantitative estimate of drug-likeness (QED) is 0.649. The zero-order valence-corrected chi connectivity index (χ0v) is 10.4. The molecule has 1 saturated heterocycles. The molecule has 0 bridgehead atoms. The van der Waals surface area contributed by atoms with E-state index in [0.717, 1.165) is 19.5 Å². The average molecular weight is 230 g/mol. The molecule has 1 heterocycles. The second-order valence-corrected chi connectivity index (χ2v) is 3.97. The summed E-state index contributed by atoms with van der Waals surface area (Å²) in [5.74, 6) is 0. The molecule has 1 fully saturated rings. The number of methoxy groups -OCH3 is 2. The largest absolute Gasteiger partial charge is 0.383 e. The molecule has 0 spiro atoms. The minimum absolute atomic E-state index is 0.112. The summed E-state index contributed by atoms with van der Waals surface area (Å²) in [6, 6.07) is 0.311. The van der Waals surface area contributed by atoms with Crippen LogP contribution in [0.2, 0.25) is 0 Å². The van der Waals surface area contributed by atoms with Gasteiger partial charge in [-0.15, -0.1) is 0 Å². The molecule has 94 valence electrons. The molecule has 0 aliphatic carbocycles. The van der Waals surface area contributed by atoms with Crippen LogP contribution in [-0.4, -0.2) is 68.9 Å². The Balaban J connectivity index is 2.48. The van der Waals surface area contributed by atoms with E-state index in [1.165, 1.54) is 0 Å². The summed E-state index contributed by atoms with van der Waals surface area (Å²) >= 11 is 0. The lowest BCUT2D eigenvalue weighted by Gasteiger charge is -2.26. The summed E-state index contributed by atoms with van der Waals surface area (Å²) in [4.78, 5) is 15.8. The van der Waals surface area contributed by atoms with Crippen LogP contribution in [0, 0.1) is 0 Å². The average Bonchev–Trinajstić information content (AvgIpc) is 2.65. The summed E-state index contributed by atoms with van der Waals surface area (Å²) in [5, 5.41) is 0. The Morgan fingerprint density at radius 3 is 2.62 bits per heavy atom. The van der Waals surface area contributed by atoms with E-state index in [0.29, 0.717) is 19.8 Å². The number of hydrogen-bond donors (Lipinski definition) is 0. The van der Waals surface area contributed by atoms with Gasteiger partial charge in [0.2, 0.25) is 0 Å². The van der Waals surface area contributed by atoms with E-state index >= 15 is 0 Å². The van der Waals surface area contributed by atoms with Crippen LogP contribution in [0.5, 0.6) is 0 Å². The zero-order chi connectivity index (χ0) is 12.0. The summed E-state index contributed by atoms with van der Waals surface area (Å²) in [7, 11) is 3.32. The maximum atomic E-state index is 12.0. The molecule has 0 saturated carbocycles. The van der Waals surface area contributed by atoms with E-state index < -0.39 is 0 Å². The molecule has 5 nitrogen and oxygen atoms in total. The van der Waals surface area contributed by atoms with Crippen molar-refractivity contribution >= 4 is 6.03 Å². The summed E-state index contributed by atoms with van der Waals surface area (Å²) in [6.45, 7) is 5.55. The lowest BCUT2D eigenvalue weighted by atomic mass is 10.2. The molecule has 1 rings (SSSR count). The van der Waals surface area contributed by atoms with Gasteiger partial charge in [-0.1, -0.05) is 6.92 Å². The number of urea groups is 1. The minimum atomic E-state index is 0.112. The topological polar surface area (TPSA) is 42.0 Å². The third kappa shape index (κ3) is 3.09. The smallest absolute Gasteiger partial charge is 0.320 e. The fourth-order valence-electron chi connectivity index (χ4n) is 1.97. The van der Waals surface area contributed by atoms with Gasteiger partial charge in [-0.2, -0.15) is 0 Å². The van der Waals surface area contributed by atoms with Crippen molar-refractivity contribution in [2.24, 2.45) is 0 Å². The van der Waals surface area contributed by atoms with Crippen molar-refractivity contribution in [3.05, 3.63) is 0 Å². The summed E-state index contributed by atoms with van der Waals surface area (Å²) in [5.41, 5.74) is 0. The third-order valence-electron chi connectivity index (χ3n) is 2.96. The molecule has 0 aromatic carbocycles. The van der Waals surface area contributed by atoms with Gasteiger partial charge in [0.15, 0.2) is 0 Å². The molecule has 1 aliphatic heterocycles. The van der Waals surface area contributed by atoms with Gasteiger partial charge in [-0.25, -0.2) is 4.79 Å². The number of nitrogens with zero attached hydrogens (tertiary/aromatic N) is 2. The SMILES string of the molecule is CCC(COC)N1CCN(CCOC)C1=O. The molecule has 5 heteroatoms. The Bertz CT molecular complexity index is 223. The number of hydrogen-bond acceptors (Lipinski definition) is 3. The second-order valence-electron chi connectivity index (χ2n) is 3.97. The van der Waals surface area contributed by atoms with Crippen LogP contribution in [-0.2, 0) is 9.47 Å². The Kier molecular flexibility index (Phi) is 5.55. The van der Waals surface area contributed by atoms with Gasteiger partial charge in [0, 0.05) is 33.9 Å². The van der Waals surface area contributed by atoms with Gasteiger partial charge in [0.1, 0.15) is 0 Å². The first-order valence-corrected chi connectivity index (χ1v) is 5.78. The van der Waals surface area contributed by atoms with E-state index in [4.69, 9.17) is 9.47 Å². The van der Waals surface area contributed by atoms with Crippen molar-refractivity contribution in [2.45, 2.75) is 19.4 Å². The highest BCUT2D eigenvalue weighted by Crippen LogP contribution is 2.14. The number of carbonyl (C=O) groups is 1. The zero-order valence-electron chi connectivity index (χ0n) is 10.4. The highest BCUT2D eigenvalue weighted by Gasteiger charge is 2.32. The molecule has 0 N–H and O–H groups in total. The Hall–Kier alpha value is -0.810. The van der Waals surface area contributed by atoms with Crippen molar-refractivity contribution in [3.8, 4) is 0 Å². The molecule has 2 amide bonds. The Labute approximate surface area is 97.3 Å². The Morgan fingerprint density at radius 2 is 2.06 bits per heavy atom. The van der Waals surface area contributed by atoms with Gasteiger partial charge in [-0.05, 0) is 6.42 Å². The minimum Gasteiger partial charge on any atom is -0.383 e. The van der Waals surface area contributed by atoms with Crippen LogP contribution in [0.4, 0.5) is 4.79 Å².